The molecule has 8 nitrogen and oxygen atoms in total. The van der Waals surface area contributed by atoms with Crippen LogP contribution < -0.4 is 11.1 Å². The average Bonchev–Trinajstić information content (AvgIpc) is 3.09. The average molecular weight is 351 g/mol. The van der Waals surface area contributed by atoms with Gasteiger partial charge in [0.15, 0.2) is 0 Å². The lowest BCUT2D eigenvalue weighted by molar-refractivity contribution is -0.385. The van der Waals surface area contributed by atoms with Crippen LogP contribution in [-0.4, -0.2) is 27.2 Å². The lowest BCUT2D eigenvalue weighted by atomic mass is 10.1. The minimum Gasteiger partial charge on any atom is -0.330 e. The molecule has 0 aliphatic rings. The first-order valence-corrected chi connectivity index (χ1v) is 7.98. The molecule has 0 radical (unpaired) electrons. The van der Waals surface area contributed by atoms with Gasteiger partial charge >= 0.3 is 5.69 Å². The first-order valence-electron chi connectivity index (χ1n) is 7.98. The number of nitro groups is 1. The predicted octanol–water partition coefficient (Wildman–Crippen LogP) is 2.53. The van der Waals surface area contributed by atoms with Gasteiger partial charge in [0.05, 0.1) is 10.6 Å². The number of anilines is 1. The number of carbonyl (C=O) groups excluding carboxylic acids is 1. The number of amides is 1. The van der Waals surface area contributed by atoms with Gasteiger partial charge in [-0.15, -0.1) is 0 Å². The van der Waals surface area contributed by atoms with E-state index in [1.54, 1.807) is 42.5 Å². The van der Waals surface area contributed by atoms with E-state index in [-0.39, 0.29) is 11.4 Å². The molecule has 0 bridgehead atoms. The fourth-order valence-electron chi connectivity index (χ4n) is 2.53. The van der Waals surface area contributed by atoms with E-state index in [0.717, 1.165) is 5.56 Å². The third-order valence-corrected chi connectivity index (χ3v) is 3.75. The number of para-hydroxylation sites is 1. The standard InChI is InChI=1S/C18H17N5O3/c19-10-9-13-5-4-6-14(11-13)20-18(24)17-16(23(25)26)12-22(21-17)15-7-2-1-3-8-15/h1-8,11-12H,9-10,19H2,(H,20,24). The molecule has 0 atom stereocenters. The van der Waals surface area contributed by atoms with Crippen molar-refractivity contribution in [2.45, 2.75) is 6.42 Å². The molecule has 0 unspecified atom stereocenters. The molecular weight excluding hydrogens is 334 g/mol. The Balaban J connectivity index is 1.90. The molecule has 2 aromatic carbocycles. The summed E-state index contributed by atoms with van der Waals surface area (Å²) < 4.78 is 1.32. The van der Waals surface area contributed by atoms with E-state index in [0.29, 0.717) is 24.3 Å². The number of carbonyl (C=O) groups is 1. The zero-order valence-corrected chi connectivity index (χ0v) is 13.8. The summed E-state index contributed by atoms with van der Waals surface area (Å²) in [5, 5.41) is 18.1. The Morgan fingerprint density at radius 3 is 2.65 bits per heavy atom. The van der Waals surface area contributed by atoms with Crippen molar-refractivity contribution in [3.05, 3.63) is 82.2 Å². The van der Waals surface area contributed by atoms with E-state index in [1.807, 2.05) is 12.1 Å². The molecule has 8 heteroatoms. The van der Waals surface area contributed by atoms with E-state index in [2.05, 4.69) is 10.4 Å². The van der Waals surface area contributed by atoms with Gasteiger partial charge in [-0.3, -0.25) is 14.9 Å². The molecule has 1 aromatic heterocycles. The van der Waals surface area contributed by atoms with Crippen molar-refractivity contribution in [3.8, 4) is 5.69 Å². The van der Waals surface area contributed by atoms with Gasteiger partial charge in [-0.25, -0.2) is 4.68 Å². The van der Waals surface area contributed by atoms with Crippen molar-refractivity contribution in [1.29, 1.82) is 0 Å². The number of benzene rings is 2. The lowest BCUT2D eigenvalue weighted by Crippen LogP contribution is -2.15. The maximum Gasteiger partial charge on any atom is 0.320 e. The van der Waals surface area contributed by atoms with Crippen LogP contribution in [0.1, 0.15) is 16.1 Å². The van der Waals surface area contributed by atoms with Gasteiger partial charge in [-0.05, 0) is 42.8 Å². The topological polar surface area (TPSA) is 116 Å². The minimum atomic E-state index is -0.642. The fraction of sp³-hybridized carbons (Fsp3) is 0.111. The Labute approximate surface area is 149 Å². The molecule has 0 fully saturated rings. The molecule has 26 heavy (non-hydrogen) atoms. The molecule has 0 aliphatic carbocycles. The van der Waals surface area contributed by atoms with E-state index in [1.165, 1.54) is 10.9 Å². The zero-order chi connectivity index (χ0) is 18.5. The summed E-state index contributed by atoms with van der Waals surface area (Å²) in [6.07, 6.45) is 1.90. The van der Waals surface area contributed by atoms with Gasteiger partial charge in [0.1, 0.15) is 6.20 Å². The summed E-state index contributed by atoms with van der Waals surface area (Å²) in [7, 11) is 0. The van der Waals surface area contributed by atoms with Crippen LogP contribution in [0.5, 0.6) is 0 Å². The van der Waals surface area contributed by atoms with Gasteiger partial charge in [-0.2, -0.15) is 5.10 Å². The van der Waals surface area contributed by atoms with Crippen LogP contribution in [0.25, 0.3) is 5.69 Å². The van der Waals surface area contributed by atoms with Crippen molar-refractivity contribution in [2.75, 3.05) is 11.9 Å². The van der Waals surface area contributed by atoms with Gasteiger partial charge in [0, 0.05) is 5.69 Å². The van der Waals surface area contributed by atoms with Crippen LogP contribution in [0.15, 0.2) is 60.8 Å². The molecule has 0 spiro atoms. The molecule has 132 valence electrons. The van der Waals surface area contributed by atoms with Gasteiger partial charge in [0.25, 0.3) is 5.91 Å². The third kappa shape index (κ3) is 3.76. The first-order chi connectivity index (χ1) is 12.6. The Hall–Kier alpha value is -3.52. The highest BCUT2D eigenvalue weighted by molar-refractivity contribution is 6.05. The highest BCUT2D eigenvalue weighted by Gasteiger charge is 2.26. The maximum atomic E-state index is 12.5. The number of rotatable bonds is 6. The lowest BCUT2D eigenvalue weighted by Gasteiger charge is -2.05. The Morgan fingerprint density at radius 2 is 1.96 bits per heavy atom. The highest BCUT2D eigenvalue weighted by Crippen LogP contribution is 2.21. The van der Waals surface area contributed by atoms with E-state index in [9.17, 15) is 14.9 Å². The SMILES string of the molecule is NCCc1cccc(NC(=O)c2nn(-c3ccccc3)cc2[N+](=O)[O-])c1. The van der Waals surface area contributed by atoms with Crippen molar-refractivity contribution in [1.82, 2.24) is 9.78 Å². The van der Waals surface area contributed by atoms with E-state index >= 15 is 0 Å². The second kappa shape index (κ2) is 7.58. The quantitative estimate of drug-likeness (QED) is 0.523. The van der Waals surface area contributed by atoms with Gasteiger partial charge in [-0.1, -0.05) is 30.3 Å². The van der Waals surface area contributed by atoms with E-state index < -0.39 is 10.8 Å². The summed E-state index contributed by atoms with van der Waals surface area (Å²) in [5.41, 5.74) is 7.06. The molecule has 3 rings (SSSR count). The van der Waals surface area contributed by atoms with Crippen molar-refractivity contribution in [2.24, 2.45) is 5.73 Å². The summed E-state index contributed by atoms with van der Waals surface area (Å²) in [6, 6.07) is 16.1. The summed E-state index contributed by atoms with van der Waals surface area (Å²) in [6.45, 7) is 0.490. The first kappa shape index (κ1) is 17.3. The second-order valence-electron chi connectivity index (χ2n) is 5.59. The number of nitrogens with zero attached hydrogens (tertiary/aromatic N) is 3. The minimum absolute atomic E-state index is 0.247. The molecule has 0 saturated carbocycles. The van der Waals surface area contributed by atoms with Crippen LogP contribution in [-0.2, 0) is 6.42 Å². The molecule has 3 aromatic rings. The second-order valence-corrected chi connectivity index (χ2v) is 5.59. The number of nitrogens with two attached hydrogens (primary N) is 1. The molecule has 1 amide bonds. The molecule has 1 heterocycles. The number of hydrogen-bond donors (Lipinski definition) is 2. The molecular formula is C18H17N5O3. The normalized spacial score (nSPS) is 10.5. The monoisotopic (exact) mass is 351 g/mol. The van der Waals surface area contributed by atoms with Gasteiger partial charge in [0.2, 0.25) is 5.69 Å². The van der Waals surface area contributed by atoms with Crippen molar-refractivity contribution >= 4 is 17.3 Å². The highest BCUT2D eigenvalue weighted by atomic mass is 16.6. The Kier molecular flexibility index (Phi) is 5.04. The summed E-state index contributed by atoms with van der Waals surface area (Å²) in [4.78, 5) is 23.2. The smallest absolute Gasteiger partial charge is 0.320 e. The maximum absolute atomic E-state index is 12.5. The largest absolute Gasteiger partial charge is 0.330 e. The predicted molar refractivity (Wildman–Crippen MR) is 97.4 cm³/mol. The zero-order valence-electron chi connectivity index (χ0n) is 13.8. The number of aromatic nitrogens is 2. The van der Waals surface area contributed by atoms with Crippen molar-refractivity contribution in [3.63, 3.8) is 0 Å². The number of hydrogen-bond acceptors (Lipinski definition) is 5. The van der Waals surface area contributed by atoms with Crippen LogP contribution >= 0.6 is 0 Å². The third-order valence-electron chi connectivity index (χ3n) is 3.75. The van der Waals surface area contributed by atoms with Crippen molar-refractivity contribution < 1.29 is 9.72 Å². The number of nitrogens with one attached hydrogen (secondary N) is 1. The Morgan fingerprint density at radius 1 is 1.19 bits per heavy atom. The summed E-state index contributed by atoms with van der Waals surface area (Å²) in [5.74, 6) is -0.642. The van der Waals surface area contributed by atoms with Gasteiger partial charge < -0.3 is 11.1 Å². The molecule has 3 N–H and O–H groups in total. The van der Waals surface area contributed by atoms with E-state index in [4.69, 9.17) is 5.73 Å². The van der Waals surface area contributed by atoms with Crippen LogP contribution in [0.3, 0.4) is 0 Å². The molecule has 0 saturated heterocycles. The fourth-order valence-corrected chi connectivity index (χ4v) is 2.53. The summed E-state index contributed by atoms with van der Waals surface area (Å²) >= 11 is 0. The van der Waals surface area contributed by atoms with Crippen LogP contribution in [0, 0.1) is 10.1 Å². The van der Waals surface area contributed by atoms with Crippen LogP contribution in [0.4, 0.5) is 11.4 Å². The Bertz CT molecular complexity index is 937. The van der Waals surface area contributed by atoms with Crippen LogP contribution in [0.2, 0.25) is 0 Å². The molecule has 0 aliphatic heterocycles.